The number of benzene rings is 1. The summed E-state index contributed by atoms with van der Waals surface area (Å²) in [5.74, 6) is -0.597. The molecule has 0 aliphatic carbocycles. The van der Waals surface area contributed by atoms with Gasteiger partial charge in [-0.05, 0) is 42.7 Å². The molecule has 1 amide bonds. The molecule has 0 bridgehead atoms. The summed E-state index contributed by atoms with van der Waals surface area (Å²) < 4.78 is 14.5. The maximum absolute atomic E-state index is 13.2. The number of anilines is 1. The lowest BCUT2D eigenvalue weighted by molar-refractivity contribution is -0.121. The van der Waals surface area contributed by atoms with Crippen LogP contribution in [0.1, 0.15) is 29.4 Å². The highest BCUT2D eigenvalue weighted by Crippen LogP contribution is 2.29. The van der Waals surface area contributed by atoms with Crippen molar-refractivity contribution in [3.05, 3.63) is 88.2 Å². The van der Waals surface area contributed by atoms with E-state index in [0.717, 1.165) is 28.6 Å². The van der Waals surface area contributed by atoms with Crippen molar-refractivity contribution in [2.75, 3.05) is 5.32 Å². The predicted molar refractivity (Wildman–Crippen MR) is 118 cm³/mol. The Balaban J connectivity index is 1.27. The zero-order chi connectivity index (χ0) is 22.1. The third-order valence-corrected chi connectivity index (χ3v) is 5.64. The molecule has 0 radical (unpaired) electrons. The van der Waals surface area contributed by atoms with Gasteiger partial charge >= 0.3 is 0 Å². The minimum absolute atomic E-state index is 0.112. The Morgan fingerprint density at radius 3 is 2.91 bits per heavy atom. The maximum Gasteiger partial charge on any atom is 0.277 e. The predicted octanol–water partition coefficient (Wildman–Crippen LogP) is 2.67. The standard InChI is InChI=1S/C23H21FN6O2/c24-16-3-1-14(2-4-16)18-5-6-20-22(29-18)23(32)30(13-27-20)12-21(31)26-11-17-9-15-10-25-8-7-19(15)28-17/h1-4,7-10,13,18,28-29H,5-6,11-12H2,(H,26,31)/t18-/m1/s1. The Morgan fingerprint density at radius 2 is 2.09 bits per heavy atom. The van der Waals surface area contributed by atoms with Crippen molar-refractivity contribution in [2.24, 2.45) is 0 Å². The fourth-order valence-electron chi connectivity index (χ4n) is 3.98. The number of nitrogens with one attached hydrogen (secondary N) is 3. The minimum atomic E-state index is -0.302. The van der Waals surface area contributed by atoms with Crippen LogP contribution in [0.25, 0.3) is 10.9 Å². The third kappa shape index (κ3) is 3.96. The largest absolute Gasteiger partial charge is 0.372 e. The zero-order valence-electron chi connectivity index (χ0n) is 17.1. The Bertz CT molecular complexity index is 1310. The van der Waals surface area contributed by atoms with Crippen LogP contribution in [0, 0.1) is 5.82 Å². The zero-order valence-corrected chi connectivity index (χ0v) is 17.1. The van der Waals surface area contributed by atoms with E-state index in [9.17, 15) is 14.0 Å². The number of aromatic nitrogens is 4. The molecule has 9 heteroatoms. The summed E-state index contributed by atoms with van der Waals surface area (Å²) in [7, 11) is 0. The highest BCUT2D eigenvalue weighted by atomic mass is 19.1. The van der Waals surface area contributed by atoms with Crippen molar-refractivity contribution in [3.63, 3.8) is 0 Å². The van der Waals surface area contributed by atoms with Crippen LogP contribution in [0.4, 0.5) is 10.1 Å². The number of nitrogens with zero attached hydrogens (tertiary/aromatic N) is 3. The van der Waals surface area contributed by atoms with Gasteiger partial charge in [0.05, 0.1) is 24.6 Å². The molecule has 0 saturated heterocycles. The molecule has 4 aromatic rings. The molecule has 3 aromatic heterocycles. The Kier molecular flexibility index (Phi) is 5.14. The van der Waals surface area contributed by atoms with Gasteiger partial charge in [0, 0.05) is 29.0 Å². The second-order valence-electron chi connectivity index (χ2n) is 7.82. The van der Waals surface area contributed by atoms with E-state index in [1.54, 1.807) is 24.5 Å². The summed E-state index contributed by atoms with van der Waals surface area (Å²) in [4.78, 5) is 37.1. The molecule has 0 unspecified atom stereocenters. The van der Waals surface area contributed by atoms with E-state index < -0.39 is 0 Å². The van der Waals surface area contributed by atoms with E-state index in [-0.39, 0.29) is 29.9 Å². The number of carbonyl (C=O) groups is 1. The Labute approximate surface area is 182 Å². The second-order valence-corrected chi connectivity index (χ2v) is 7.82. The lowest BCUT2D eigenvalue weighted by Crippen LogP contribution is -2.35. The number of hydrogen-bond acceptors (Lipinski definition) is 5. The highest BCUT2D eigenvalue weighted by Gasteiger charge is 2.24. The first-order valence-corrected chi connectivity index (χ1v) is 10.4. The Morgan fingerprint density at radius 1 is 1.25 bits per heavy atom. The molecular formula is C23H21FN6O2. The van der Waals surface area contributed by atoms with E-state index in [4.69, 9.17) is 0 Å². The number of rotatable bonds is 5. The van der Waals surface area contributed by atoms with E-state index in [1.165, 1.54) is 23.0 Å². The number of H-pyrrole nitrogens is 1. The van der Waals surface area contributed by atoms with E-state index in [2.05, 4.69) is 25.6 Å². The highest BCUT2D eigenvalue weighted by molar-refractivity contribution is 5.79. The molecule has 1 aliphatic rings. The normalized spacial score (nSPS) is 15.2. The van der Waals surface area contributed by atoms with Gasteiger partial charge in [0.2, 0.25) is 5.91 Å². The lowest BCUT2D eigenvalue weighted by atomic mass is 9.96. The molecule has 3 N–H and O–H groups in total. The molecule has 162 valence electrons. The van der Waals surface area contributed by atoms with Crippen LogP contribution in [0.2, 0.25) is 0 Å². The summed E-state index contributed by atoms with van der Waals surface area (Å²) in [5, 5.41) is 7.01. The summed E-state index contributed by atoms with van der Waals surface area (Å²) in [5.41, 5.74) is 3.47. The van der Waals surface area contributed by atoms with Gasteiger partial charge in [0.15, 0.2) is 0 Å². The number of amides is 1. The van der Waals surface area contributed by atoms with Gasteiger partial charge < -0.3 is 15.6 Å². The summed E-state index contributed by atoms with van der Waals surface area (Å²) >= 11 is 0. The number of pyridine rings is 1. The van der Waals surface area contributed by atoms with Gasteiger partial charge in [-0.1, -0.05) is 12.1 Å². The average molecular weight is 432 g/mol. The average Bonchev–Trinajstić information content (AvgIpc) is 3.23. The molecule has 8 nitrogen and oxygen atoms in total. The fourth-order valence-corrected chi connectivity index (χ4v) is 3.98. The number of aromatic amines is 1. The molecule has 1 aliphatic heterocycles. The molecule has 0 spiro atoms. The first-order valence-electron chi connectivity index (χ1n) is 10.4. The number of aryl methyl sites for hydroxylation is 1. The quantitative estimate of drug-likeness (QED) is 0.450. The molecule has 5 rings (SSSR count). The van der Waals surface area contributed by atoms with Crippen LogP contribution < -0.4 is 16.2 Å². The van der Waals surface area contributed by atoms with Crippen molar-refractivity contribution in [3.8, 4) is 0 Å². The second kappa shape index (κ2) is 8.26. The van der Waals surface area contributed by atoms with Crippen molar-refractivity contribution in [1.29, 1.82) is 0 Å². The number of carbonyl (C=O) groups excluding carboxylic acids is 1. The van der Waals surface area contributed by atoms with Gasteiger partial charge in [-0.2, -0.15) is 0 Å². The van der Waals surface area contributed by atoms with E-state index >= 15 is 0 Å². The van der Waals surface area contributed by atoms with Crippen molar-refractivity contribution in [1.82, 2.24) is 24.8 Å². The third-order valence-electron chi connectivity index (χ3n) is 5.64. The van der Waals surface area contributed by atoms with Crippen LogP contribution in [-0.4, -0.2) is 25.4 Å². The fraction of sp³-hybridized carbons (Fsp3) is 0.217. The lowest BCUT2D eigenvalue weighted by Gasteiger charge is -2.26. The molecule has 32 heavy (non-hydrogen) atoms. The van der Waals surface area contributed by atoms with Gasteiger partial charge in [-0.3, -0.25) is 19.1 Å². The maximum atomic E-state index is 13.2. The van der Waals surface area contributed by atoms with Crippen LogP contribution in [0.15, 0.2) is 59.9 Å². The van der Waals surface area contributed by atoms with Crippen molar-refractivity contribution < 1.29 is 9.18 Å². The molecule has 0 fully saturated rings. The summed E-state index contributed by atoms with van der Waals surface area (Å²) in [6, 6.07) is 9.91. The van der Waals surface area contributed by atoms with Gasteiger partial charge in [-0.15, -0.1) is 0 Å². The molecular weight excluding hydrogens is 411 g/mol. The SMILES string of the molecule is O=C(Cn1cnc2c(c1=O)N[C@@H](c1ccc(F)cc1)CC2)NCc1cc2cnccc2[nH]1. The Hall–Kier alpha value is -4.01. The number of fused-ring (bicyclic) bond motifs is 2. The molecule has 0 saturated carbocycles. The molecule has 1 atom stereocenters. The topological polar surface area (TPSA) is 105 Å². The molecule has 1 aromatic carbocycles. The monoisotopic (exact) mass is 432 g/mol. The van der Waals surface area contributed by atoms with Gasteiger partial charge in [-0.25, -0.2) is 9.37 Å². The summed E-state index contributed by atoms with van der Waals surface area (Å²) in [6.45, 7) is 0.176. The van der Waals surface area contributed by atoms with Crippen LogP contribution >= 0.6 is 0 Å². The van der Waals surface area contributed by atoms with Crippen LogP contribution in [-0.2, 0) is 24.3 Å². The van der Waals surface area contributed by atoms with Crippen molar-refractivity contribution in [2.45, 2.75) is 32.0 Å². The summed E-state index contributed by atoms with van der Waals surface area (Å²) in [6.07, 6.45) is 6.24. The number of hydrogen-bond donors (Lipinski definition) is 3. The van der Waals surface area contributed by atoms with Crippen LogP contribution in [0.3, 0.4) is 0 Å². The van der Waals surface area contributed by atoms with E-state index in [0.29, 0.717) is 24.3 Å². The van der Waals surface area contributed by atoms with Crippen molar-refractivity contribution >= 4 is 22.5 Å². The van der Waals surface area contributed by atoms with Crippen LogP contribution in [0.5, 0.6) is 0 Å². The minimum Gasteiger partial charge on any atom is -0.372 e. The smallest absolute Gasteiger partial charge is 0.277 e. The van der Waals surface area contributed by atoms with Gasteiger partial charge in [0.1, 0.15) is 18.0 Å². The van der Waals surface area contributed by atoms with Gasteiger partial charge in [0.25, 0.3) is 5.56 Å². The number of halogens is 1. The first-order chi connectivity index (χ1) is 15.6. The first kappa shape index (κ1) is 19.9. The van der Waals surface area contributed by atoms with E-state index in [1.807, 2.05) is 12.1 Å². The molecule has 4 heterocycles.